The molecule has 0 bridgehead atoms. The van der Waals surface area contributed by atoms with Crippen LogP contribution in [0.15, 0.2) is 84.9 Å². The van der Waals surface area contributed by atoms with Crippen LogP contribution in [0.1, 0.15) is 39.1 Å². The molecule has 1 heterocycles. The van der Waals surface area contributed by atoms with Crippen molar-refractivity contribution >= 4 is 28.3 Å². The fourth-order valence-electron chi connectivity index (χ4n) is 3.40. The molecule has 0 spiro atoms. The molecule has 5 rings (SSSR count). The second-order valence-electron chi connectivity index (χ2n) is 9.40. The molecule has 0 saturated heterocycles. The number of aromatic hydroxyl groups is 1. The van der Waals surface area contributed by atoms with Crippen molar-refractivity contribution in [3.8, 4) is 23.0 Å². The van der Waals surface area contributed by atoms with E-state index in [1.54, 1.807) is 42.5 Å². The Morgan fingerprint density at radius 3 is 1.23 bits per heavy atom. The smallest absolute Gasteiger partial charge is 0.872 e. The van der Waals surface area contributed by atoms with Crippen LogP contribution in [0, 0.1) is 48.5 Å². The number of pyridine rings is 1. The van der Waals surface area contributed by atoms with E-state index in [0.717, 1.165) is 44.5 Å². The zero-order valence-electron chi connectivity index (χ0n) is 24.3. The van der Waals surface area contributed by atoms with Crippen LogP contribution in [0.5, 0.6) is 23.0 Å². The summed E-state index contributed by atoms with van der Waals surface area (Å²) in [5.74, 6) is 0.649. The van der Waals surface area contributed by atoms with Crippen molar-refractivity contribution in [1.29, 1.82) is 0 Å². The van der Waals surface area contributed by atoms with Crippen molar-refractivity contribution < 1.29 is 20.4 Å². The topological polar surface area (TPSA) is 102 Å². The molecule has 0 saturated carbocycles. The molecule has 0 aliphatic heterocycles. The average molecular weight is 550 g/mol. The number of nitrogens with zero attached hydrogens (tertiary/aromatic N) is 1. The Kier molecular flexibility index (Phi) is 13.8. The van der Waals surface area contributed by atoms with Gasteiger partial charge >= 0.3 is 17.4 Å². The Hall–Kier alpha value is -3.98. The van der Waals surface area contributed by atoms with E-state index < -0.39 is 0 Å². The summed E-state index contributed by atoms with van der Waals surface area (Å²) in [4.78, 5) is 4.23. The maximum atomic E-state index is 10.8. The minimum Gasteiger partial charge on any atom is -0.872 e. The molecule has 0 radical (unpaired) electrons. The van der Waals surface area contributed by atoms with Crippen LogP contribution >= 0.6 is 0 Å². The predicted octanol–water partition coefficient (Wildman–Crippen LogP) is 6.00. The van der Waals surface area contributed by atoms with Crippen LogP contribution < -0.4 is 15.3 Å². The molecule has 5 aromatic rings. The first-order valence-electron chi connectivity index (χ1n) is 12.7. The van der Waals surface area contributed by atoms with Crippen LogP contribution in [0.25, 0.3) is 10.9 Å². The van der Waals surface area contributed by atoms with E-state index in [2.05, 4.69) is 4.98 Å². The van der Waals surface area contributed by atoms with Gasteiger partial charge in [0.1, 0.15) is 11.3 Å². The van der Waals surface area contributed by atoms with Crippen molar-refractivity contribution in [3.63, 3.8) is 0 Å². The summed E-state index contributed by atoms with van der Waals surface area (Å²) in [5, 5.41) is 42.9. The first-order chi connectivity index (χ1) is 18.4. The third-order valence-corrected chi connectivity index (χ3v) is 6.50. The molecule has 1 N–H and O–H groups in total. The molecule has 0 amide bonds. The Bertz CT molecular complexity index is 1350. The van der Waals surface area contributed by atoms with Crippen LogP contribution in [0.3, 0.4) is 0 Å². The van der Waals surface area contributed by atoms with Crippen LogP contribution in [-0.2, 0) is 0 Å². The molecule has 0 aliphatic carbocycles. The molecule has 0 atom stereocenters. The number of rotatable bonds is 0. The Balaban J connectivity index is 0.000000267. The molecular formula is C34H36AlNO4. The number of phenolic OH excluding ortho intramolecular Hbond substituents is 1. The largest absolute Gasteiger partial charge is 3.00 e. The van der Waals surface area contributed by atoms with Gasteiger partial charge in [-0.15, -0.1) is 17.2 Å². The van der Waals surface area contributed by atoms with Gasteiger partial charge in [-0.05, 0) is 77.3 Å². The van der Waals surface area contributed by atoms with Crippen molar-refractivity contribution in [2.45, 2.75) is 48.5 Å². The summed E-state index contributed by atoms with van der Waals surface area (Å²) in [6.07, 6.45) is 0. The first kappa shape index (κ1) is 34.1. The second-order valence-corrected chi connectivity index (χ2v) is 9.40. The molecule has 1 aromatic heterocycles. The molecule has 0 fully saturated rings. The number of benzene rings is 4. The van der Waals surface area contributed by atoms with Crippen LogP contribution in [0.2, 0.25) is 0 Å². The summed E-state index contributed by atoms with van der Waals surface area (Å²) in [6.45, 7) is 13.3. The second kappa shape index (κ2) is 16.2. The summed E-state index contributed by atoms with van der Waals surface area (Å²) < 4.78 is 0. The monoisotopic (exact) mass is 549 g/mol. The van der Waals surface area contributed by atoms with E-state index in [-0.39, 0.29) is 40.4 Å². The molecular weight excluding hydrogens is 513 g/mol. The summed E-state index contributed by atoms with van der Waals surface area (Å²) in [6, 6.07) is 25.2. The van der Waals surface area contributed by atoms with Gasteiger partial charge in [0.25, 0.3) is 0 Å². The van der Waals surface area contributed by atoms with Gasteiger partial charge in [0.05, 0.1) is 0 Å². The van der Waals surface area contributed by atoms with E-state index in [9.17, 15) is 20.4 Å². The fraction of sp³-hybridized carbons (Fsp3) is 0.206. The zero-order valence-corrected chi connectivity index (χ0v) is 25.4. The third-order valence-electron chi connectivity index (χ3n) is 6.50. The standard InChI is InChI=1S/C10H9NO.3C8H10O.Al/c1-7-5-6-8-3-2-4-9(12)10(8)11-7;3*1-6-4-3-5-8(9)7(6)2;/h2-6,12H,1H3;3*3-5,9H,1-2H3;/q;;;;+3/p-3. The van der Waals surface area contributed by atoms with Crippen LogP contribution in [0.4, 0.5) is 0 Å². The quantitative estimate of drug-likeness (QED) is 0.239. The maximum Gasteiger partial charge on any atom is 3.00 e. The van der Waals surface area contributed by atoms with E-state index in [4.69, 9.17) is 0 Å². The van der Waals surface area contributed by atoms with Crippen molar-refractivity contribution in [2.75, 3.05) is 0 Å². The van der Waals surface area contributed by atoms with Crippen molar-refractivity contribution in [3.05, 3.63) is 124 Å². The van der Waals surface area contributed by atoms with Gasteiger partial charge in [0, 0.05) is 11.1 Å². The number of hydrogen-bond acceptors (Lipinski definition) is 5. The minimum absolute atomic E-state index is 0. The SMILES string of the molecule is Cc1ccc2cccc(O)c2n1.Cc1cccc([O-])c1C.Cc1cccc([O-])c1C.Cc1cccc([O-])c1C.[Al+3]. The number of aryl methyl sites for hydroxylation is 4. The van der Waals surface area contributed by atoms with Gasteiger partial charge in [-0.2, -0.15) is 0 Å². The van der Waals surface area contributed by atoms with E-state index in [0.29, 0.717) is 5.52 Å². The van der Waals surface area contributed by atoms with Crippen LogP contribution in [-0.4, -0.2) is 27.5 Å². The Labute approximate surface area is 248 Å². The summed E-state index contributed by atoms with van der Waals surface area (Å²) in [7, 11) is 0. The van der Waals surface area contributed by atoms with Gasteiger partial charge in [-0.3, -0.25) is 0 Å². The van der Waals surface area contributed by atoms with Crippen molar-refractivity contribution in [1.82, 2.24) is 4.98 Å². The average Bonchev–Trinajstić information content (AvgIpc) is 2.90. The molecule has 0 aliphatic rings. The van der Waals surface area contributed by atoms with E-state index in [1.165, 1.54) is 0 Å². The summed E-state index contributed by atoms with van der Waals surface area (Å²) in [5.41, 5.74) is 7.39. The van der Waals surface area contributed by atoms with Gasteiger partial charge in [0.2, 0.25) is 0 Å². The first-order valence-corrected chi connectivity index (χ1v) is 12.7. The number of para-hydroxylation sites is 1. The van der Waals surface area contributed by atoms with Gasteiger partial charge < -0.3 is 20.4 Å². The van der Waals surface area contributed by atoms with Gasteiger partial charge in [-0.25, -0.2) is 4.98 Å². The minimum atomic E-state index is 0. The zero-order chi connectivity index (χ0) is 29.1. The molecule has 204 valence electrons. The van der Waals surface area contributed by atoms with Crippen molar-refractivity contribution in [2.24, 2.45) is 0 Å². The number of hydrogen-bond donors (Lipinski definition) is 1. The molecule has 6 heteroatoms. The predicted molar refractivity (Wildman–Crippen MR) is 160 cm³/mol. The Morgan fingerprint density at radius 1 is 0.500 bits per heavy atom. The Morgan fingerprint density at radius 2 is 0.875 bits per heavy atom. The van der Waals surface area contributed by atoms with E-state index in [1.807, 2.05) is 90.9 Å². The third kappa shape index (κ3) is 9.96. The molecule has 0 unspecified atom stereocenters. The molecule has 5 nitrogen and oxygen atoms in total. The van der Waals surface area contributed by atoms with Gasteiger partial charge in [0.15, 0.2) is 0 Å². The summed E-state index contributed by atoms with van der Waals surface area (Å²) >= 11 is 0. The van der Waals surface area contributed by atoms with Gasteiger partial charge in [-0.1, -0.05) is 89.5 Å². The fourth-order valence-corrected chi connectivity index (χ4v) is 3.40. The normalized spacial score (nSPS) is 9.57. The molecule has 40 heavy (non-hydrogen) atoms. The molecule has 4 aromatic carbocycles. The van der Waals surface area contributed by atoms with E-state index >= 15 is 0 Å². The number of fused-ring (bicyclic) bond motifs is 1. The number of phenols is 1. The number of aromatic nitrogens is 1. The maximum absolute atomic E-state index is 10.8.